The quantitative estimate of drug-likeness (QED) is 0.407. The standard InChI is InChI=1S/C7H13NO2.ClH/c1-3-9-6-5-7(8)10-4-2;/h5-6,8H,3-4H2,1-2H3;1H. The largest absolute Gasteiger partial charge is 0.501 e. The maximum atomic E-state index is 7.08. The third-order valence-corrected chi connectivity index (χ3v) is 0.782. The average Bonchev–Trinajstić information content (AvgIpc) is 1.89. The summed E-state index contributed by atoms with van der Waals surface area (Å²) in [6.45, 7) is 4.86. The van der Waals surface area contributed by atoms with Crippen LogP contribution in [-0.2, 0) is 9.47 Å². The number of rotatable bonds is 4. The average molecular weight is 180 g/mol. The van der Waals surface area contributed by atoms with Crippen LogP contribution in [0.2, 0.25) is 0 Å². The van der Waals surface area contributed by atoms with Crippen molar-refractivity contribution >= 4 is 18.3 Å². The molecule has 0 aromatic carbocycles. The van der Waals surface area contributed by atoms with Gasteiger partial charge in [-0.15, -0.1) is 12.4 Å². The highest BCUT2D eigenvalue weighted by atomic mass is 35.5. The van der Waals surface area contributed by atoms with Crippen molar-refractivity contribution in [2.45, 2.75) is 13.8 Å². The summed E-state index contributed by atoms with van der Waals surface area (Å²) in [5.41, 5.74) is 0. The normalized spacial score (nSPS) is 8.91. The Labute approximate surface area is 73.3 Å². The SMILES string of the molecule is CCOC=CC(=N)OCC.Cl. The van der Waals surface area contributed by atoms with Gasteiger partial charge in [-0.05, 0) is 13.8 Å². The molecule has 66 valence electrons. The van der Waals surface area contributed by atoms with Crippen molar-refractivity contribution in [3.05, 3.63) is 12.3 Å². The summed E-state index contributed by atoms with van der Waals surface area (Å²) in [6.07, 6.45) is 2.94. The molecule has 0 fully saturated rings. The smallest absolute Gasteiger partial charge is 0.208 e. The summed E-state index contributed by atoms with van der Waals surface area (Å²) < 4.78 is 9.65. The molecule has 0 amide bonds. The first-order valence-corrected chi connectivity index (χ1v) is 3.30. The predicted octanol–water partition coefficient (Wildman–Crippen LogP) is 1.97. The van der Waals surface area contributed by atoms with Gasteiger partial charge in [-0.3, -0.25) is 5.41 Å². The summed E-state index contributed by atoms with van der Waals surface area (Å²) in [7, 11) is 0. The molecule has 0 spiro atoms. The van der Waals surface area contributed by atoms with E-state index in [0.717, 1.165) is 0 Å². The fraction of sp³-hybridized carbons (Fsp3) is 0.571. The van der Waals surface area contributed by atoms with E-state index < -0.39 is 0 Å². The lowest BCUT2D eigenvalue weighted by Crippen LogP contribution is -1.98. The van der Waals surface area contributed by atoms with Crippen LogP contribution in [0.25, 0.3) is 0 Å². The Kier molecular flexibility index (Phi) is 10.9. The van der Waals surface area contributed by atoms with Crippen LogP contribution in [0.3, 0.4) is 0 Å². The van der Waals surface area contributed by atoms with E-state index in [1.807, 2.05) is 13.8 Å². The van der Waals surface area contributed by atoms with Gasteiger partial charge in [0.15, 0.2) is 0 Å². The second-order valence-corrected chi connectivity index (χ2v) is 1.56. The Hall–Kier alpha value is -0.700. The molecule has 0 saturated carbocycles. The van der Waals surface area contributed by atoms with E-state index in [-0.39, 0.29) is 18.3 Å². The Balaban J connectivity index is 0. The Morgan fingerprint density at radius 1 is 1.36 bits per heavy atom. The lowest BCUT2D eigenvalue weighted by atomic mass is 10.6. The van der Waals surface area contributed by atoms with Gasteiger partial charge >= 0.3 is 0 Å². The minimum absolute atomic E-state index is 0. The summed E-state index contributed by atoms with van der Waals surface area (Å²) in [5.74, 6) is 0.135. The van der Waals surface area contributed by atoms with Gasteiger partial charge in [-0.1, -0.05) is 0 Å². The minimum Gasteiger partial charge on any atom is -0.501 e. The predicted molar refractivity (Wildman–Crippen MR) is 47.4 cm³/mol. The van der Waals surface area contributed by atoms with Gasteiger partial charge in [0.2, 0.25) is 5.90 Å². The van der Waals surface area contributed by atoms with Crippen LogP contribution in [0.5, 0.6) is 0 Å². The van der Waals surface area contributed by atoms with Crippen molar-refractivity contribution in [2.75, 3.05) is 13.2 Å². The van der Waals surface area contributed by atoms with Gasteiger partial charge in [-0.2, -0.15) is 0 Å². The van der Waals surface area contributed by atoms with E-state index >= 15 is 0 Å². The summed E-state index contributed by atoms with van der Waals surface area (Å²) >= 11 is 0. The molecule has 0 aromatic rings. The molecule has 0 aliphatic heterocycles. The fourth-order valence-electron chi connectivity index (χ4n) is 0.410. The van der Waals surface area contributed by atoms with Crippen LogP contribution < -0.4 is 0 Å². The van der Waals surface area contributed by atoms with Crippen LogP contribution in [-0.4, -0.2) is 19.1 Å². The van der Waals surface area contributed by atoms with Crippen molar-refractivity contribution in [1.82, 2.24) is 0 Å². The fourth-order valence-corrected chi connectivity index (χ4v) is 0.410. The molecule has 0 aliphatic carbocycles. The second-order valence-electron chi connectivity index (χ2n) is 1.56. The summed E-state index contributed by atoms with van der Waals surface area (Å²) in [4.78, 5) is 0. The Bertz CT molecular complexity index is 126. The zero-order valence-corrected chi connectivity index (χ0v) is 7.61. The van der Waals surface area contributed by atoms with Crippen LogP contribution in [0, 0.1) is 5.41 Å². The first-order chi connectivity index (χ1) is 4.81. The van der Waals surface area contributed by atoms with Gasteiger partial charge in [0, 0.05) is 6.08 Å². The van der Waals surface area contributed by atoms with Gasteiger partial charge in [0.05, 0.1) is 19.5 Å². The van der Waals surface area contributed by atoms with Crippen LogP contribution in [0.15, 0.2) is 12.3 Å². The molecular formula is C7H14ClNO2. The maximum Gasteiger partial charge on any atom is 0.208 e. The van der Waals surface area contributed by atoms with Gasteiger partial charge in [-0.25, -0.2) is 0 Å². The third kappa shape index (κ3) is 9.30. The number of hydrogen-bond donors (Lipinski definition) is 1. The Morgan fingerprint density at radius 3 is 2.45 bits per heavy atom. The number of halogens is 1. The highest BCUT2D eigenvalue weighted by Gasteiger charge is 1.85. The van der Waals surface area contributed by atoms with Crippen LogP contribution in [0.4, 0.5) is 0 Å². The summed E-state index contributed by atoms with van der Waals surface area (Å²) in [6, 6.07) is 0. The Morgan fingerprint density at radius 2 is 2.00 bits per heavy atom. The molecular weight excluding hydrogens is 166 g/mol. The molecule has 0 atom stereocenters. The van der Waals surface area contributed by atoms with E-state index in [1.54, 1.807) is 0 Å². The maximum absolute atomic E-state index is 7.08. The van der Waals surface area contributed by atoms with Gasteiger partial charge < -0.3 is 9.47 Å². The molecule has 0 unspecified atom stereocenters. The molecule has 4 heteroatoms. The molecule has 0 aromatic heterocycles. The van der Waals surface area contributed by atoms with Crippen molar-refractivity contribution in [2.24, 2.45) is 0 Å². The molecule has 0 aliphatic rings. The minimum atomic E-state index is 0. The highest BCUT2D eigenvalue weighted by Crippen LogP contribution is 1.82. The first-order valence-electron chi connectivity index (χ1n) is 3.30. The van der Waals surface area contributed by atoms with E-state index in [2.05, 4.69) is 0 Å². The summed E-state index contributed by atoms with van der Waals surface area (Å²) in [5, 5.41) is 7.08. The highest BCUT2D eigenvalue weighted by molar-refractivity contribution is 5.85. The van der Waals surface area contributed by atoms with Crippen molar-refractivity contribution in [3.8, 4) is 0 Å². The van der Waals surface area contributed by atoms with E-state index in [4.69, 9.17) is 14.9 Å². The molecule has 0 heterocycles. The van der Waals surface area contributed by atoms with E-state index in [0.29, 0.717) is 13.2 Å². The third-order valence-electron chi connectivity index (χ3n) is 0.782. The lowest BCUT2D eigenvalue weighted by Gasteiger charge is -1.97. The zero-order chi connectivity index (χ0) is 7.82. The van der Waals surface area contributed by atoms with Crippen molar-refractivity contribution in [1.29, 1.82) is 5.41 Å². The van der Waals surface area contributed by atoms with Crippen molar-refractivity contribution in [3.63, 3.8) is 0 Å². The second kappa shape index (κ2) is 9.30. The topological polar surface area (TPSA) is 42.3 Å². The molecule has 11 heavy (non-hydrogen) atoms. The molecule has 0 radical (unpaired) electrons. The lowest BCUT2D eigenvalue weighted by molar-refractivity contribution is 0.267. The molecule has 1 N–H and O–H groups in total. The van der Waals surface area contributed by atoms with Gasteiger partial charge in [0.25, 0.3) is 0 Å². The van der Waals surface area contributed by atoms with E-state index in [1.165, 1.54) is 12.3 Å². The number of hydrogen-bond acceptors (Lipinski definition) is 3. The number of nitrogens with one attached hydrogen (secondary N) is 1. The van der Waals surface area contributed by atoms with Crippen LogP contribution in [0.1, 0.15) is 13.8 Å². The molecule has 0 bridgehead atoms. The molecule has 0 saturated heterocycles. The number of ether oxygens (including phenoxy) is 2. The van der Waals surface area contributed by atoms with Crippen LogP contribution >= 0.6 is 12.4 Å². The molecule has 3 nitrogen and oxygen atoms in total. The monoisotopic (exact) mass is 179 g/mol. The zero-order valence-electron chi connectivity index (χ0n) is 6.79. The van der Waals surface area contributed by atoms with Gasteiger partial charge in [0.1, 0.15) is 0 Å². The van der Waals surface area contributed by atoms with Crippen molar-refractivity contribution < 1.29 is 9.47 Å². The first kappa shape index (κ1) is 12.9. The van der Waals surface area contributed by atoms with E-state index in [9.17, 15) is 0 Å². The molecule has 0 rings (SSSR count).